The number of hydrogen-bond acceptors (Lipinski definition) is 12. The van der Waals surface area contributed by atoms with Crippen molar-refractivity contribution >= 4 is 36.0 Å². The molecule has 16 heteroatoms. The van der Waals surface area contributed by atoms with Gasteiger partial charge >= 0.3 is 7.75 Å². The molecular weight excluding hydrogens is 602 g/mol. The normalized spacial score (nSPS) is 22.2. The minimum absolute atomic E-state index is 0.0168. The quantitative estimate of drug-likeness (QED) is 0.166. The highest BCUT2D eigenvalue weighted by molar-refractivity contribution is 8.13. The maximum absolute atomic E-state index is 16.6. The predicted octanol–water partition coefficient (Wildman–Crippen LogP) is 3.77. The molecule has 2 aromatic heterocycles. The molecule has 230 valence electrons. The minimum atomic E-state index is -4.32. The molecule has 3 heterocycles. The Labute approximate surface area is 251 Å². The molecule has 0 aliphatic carbocycles. The molecule has 0 saturated heterocycles. The zero-order valence-electron chi connectivity index (χ0n) is 23.7. The number of rotatable bonds is 12. The Hall–Kier alpha value is -3.51. The van der Waals surface area contributed by atoms with E-state index in [1.165, 1.54) is 16.6 Å². The van der Waals surface area contributed by atoms with Gasteiger partial charge in [0.25, 0.3) is 0 Å². The molecule has 3 atom stereocenters. The van der Waals surface area contributed by atoms with Crippen molar-refractivity contribution in [2.75, 3.05) is 31.3 Å². The van der Waals surface area contributed by atoms with Crippen molar-refractivity contribution in [3.05, 3.63) is 71.6 Å². The van der Waals surface area contributed by atoms with Gasteiger partial charge in [0.15, 0.2) is 22.5 Å². The summed E-state index contributed by atoms with van der Waals surface area (Å²) in [6.45, 7) is 2.87. The summed E-state index contributed by atoms with van der Waals surface area (Å²) < 4.78 is 48.5. The fourth-order valence-corrected chi connectivity index (χ4v) is 6.47. The van der Waals surface area contributed by atoms with Crippen molar-refractivity contribution in [2.45, 2.75) is 38.6 Å². The molecule has 43 heavy (non-hydrogen) atoms. The van der Waals surface area contributed by atoms with Crippen molar-refractivity contribution < 1.29 is 37.7 Å². The number of benzene rings is 1. The number of nitrogen functional groups attached to an aromatic ring is 1. The molecule has 0 fully saturated rings. The Bertz CT molecular complexity index is 1610. The van der Waals surface area contributed by atoms with E-state index in [0.717, 1.165) is 30.6 Å². The number of aliphatic hydroxyl groups excluding tert-OH is 2. The van der Waals surface area contributed by atoms with Crippen LogP contribution in [0.2, 0.25) is 0 Å². The predicted molar refractivity (Wildman–Crippen MR) is 156 cm³/mol. The molecule has 1 unspecified atom stereocenters. The number of carbonyl (C=O) groups is 1. The van der Waals surface area contributed by atoms with Gasteiger partial charge in [-0.1, -0.05) is 42.1 Å². The molecule has 0 spiro atoms. The average Bonchev–Trinajstić information content (AvgIpc) is 3.43. The monoisotopic (exact) mass is 634 g/mol. The van der Waals surface area contributed by atoms with E-state index in [1.807, 2.05) is 6.07 Å². The molecule has 1 aliphatic heterocycles. The van der Waals surface area contributed by atoms with Crippen LogP contribution in [0.3, 0.4) is 0 Å². The standard InChI is InChI=1S/C27H32FN6O7PS/c1-25(2,16-35)24(37)43-12-11-40-42(38,33-13-18-7-5-4-6-8-18)41-20-14-39-27(15-29,26(3,28)22(20)36)21-10-9-19-23(30)31-17-32-34(19)21/h4-10,17,35-36H,11-14,16H2,1-3H3,(H,33,38)(H2,30,31,32)/t26-,27+,42?/m1/s1. The van der Waals surface area contributed by atoms with Gasteiger partial charge in [0, 0.05) is 12.3 Å². The van der Waals surface area contributed by atoms with Gasteiger partial charge in [-0.3, -0.25) is 9.32 Å². The zero-order valence-corrected chi connectivity index (χ0v) is 25.4. The first-order chi connectivity index (χ1) is 20.3. The van der Waals surface area contributed by atoms with Gasteiger partial charge < -0.3 is 25.2 Å². The number of nitrogens with zero attached hydrogens (tertiary/aromatic N) is 4. The van der Waals surface area contributed by atoms with E-state index in [9.17, 15) is 24.8 Å². The van der Waals surface area contributed by atoms with Crippen LogP contribution in [0.5, 0.6) is 0 Å². The highest BCUT2D eigenvalue weighted by Crippen LogP contribution is 2.53. The van der Waals surface area contributed by atoms with E-state index in [-0.39, 0.29) is 42.1 Å². The summed E-state index contributed by atoms with van der Waals surface area (Å²) in [7, 11) is -4.32. The number of anilines is 1. The molecule has 4 rings (SSSR count). The van der Waals surface area contributed by atoms with Crippen molar-refractivity contribution in [1.29, 1.82) is 5.26 Å². The van der Waals surface area contributed by atoms with Crippen molar-refractivity contribution in [3.8, 4) is 6.07 Å². The van der Waals surface area contributed by atoms with Crippen molar-refractivity contribution in [1.82, 2.24) is 19.7 Å². The summed E-state index contributed by atoms with van der Waals surface area (Å²) in [5, 5.41) is 37.1. The lowest BCUT2D eigenvalue weighted by atomic mass is 9.80. The van der Waals surface area contributed by atoms with E-state index in [2.05, 4.69) is 15.2 Å². The number of alkyl halides is 1. The fraction of sp³-hybridized carbons (Fsp3) is 0.407. The SMILES string of the molecule is CC(C)(CO)C(=O)SCCOP(=O)(NCc1ccccc1)OC1=C(O)[C@@](C)(F)[C@](C#N)(c2ccc3c(N)ncnn23)OC1. The van der Waals surface area contributed by atoms with Crippen LogP contribution >= 0.6 is 19.5 Å². The van der Waals surface area contributed by atoms with Crippen LogP contribution < -0.4 is 10.8 Å². The summed E-state index contributed by atoms with van der Waals surface area (Å²) in [4.78, 5) is 16.2. The van der Waals surface area contributed by atoms with Crippen LogP contribution in [0.4, 0.5) is 10.2 Å². The first kappa shape index (κ1) is 32.4. The summed E-state index contributed by atoms with van der Waals surface area (Å²) in [6, 6.07) is 13.6. The number of fused-ring (bicyclic) bond motifs is 1. The number of aliphatic hydroxyl groups is 2. The van der Waals surface area contributed by atoms with Crippen molar-refractivity contribution in [2.24, 2.45) is 5.41 Å². The van der Waals surface area contributed by atoms with E-state index in [4.69, 9.17) is 19.5 Å². The zero-order chi connectivity index (χ0) is 31.5. The molecule has 0 amide bonds. The first-order valence-electron chi connectivity index (χ1n) is 13.1. The molecule has 1 aliphatic rings. The Morgan fingerprint density at radius 3 is 2.74 bits per heavy atom. The summed E-state index contributed by atoms with van der Waals surface area (Å²) in [5.74, 6) is -1.44. The van der Waals surface area contributed by atoms with Gasteiger partial charge in [0.2, 0.25) is 11.3 Å². The number of nitrogens with one attached hydrogen (secondary N) is 1. The molecule has 13 nitrogen and oxygen atoms in total. The largest absolute Gasteiger partial charge is 0.506 e. The number of ether oxygens (including phenoxy) is 1. The van der Waals surface area contributed by atoms with Gasteiger partial charge in [-0.05, 0) is 38.5 Å². The second-order valence-corrected chi connectivity index (χ2v) is 13.3. The van der Waals surface area contributed by atoms with Crippen LogP contribution in [0.15, 0.2) is 60.3 Å². The lowest BCUT2D eigenvalue weighted by molar-refractivity contribution is -0.129. The van der Waals surface area contributed by atoms with Gasteiger partial charge in [-0.2, -0.15) is 10.4 Å². The van der Waals surface area contributed by atoms with Crippen LogP contribution in [-0.4, -0.2) is 61.2 Å². The Kier molecular flexibility index (Phi) is 9.51. The number of aromatic nitrogens is 3. The van der Waals surface area contributed by atoms with Crippen LogP contribution in [0.25, 0.3) is 5.52 Å². The van der Waals surface area contributed by atoms with Gasteiger partial charge in [-0.25, -0.2) is 23.5 Å². The topological polar surface area (TPSA) is 194 Å². The van der Waals surface area contributed by atoms with Crippen LogP contribution in [0, 0.1) is 16.7 Å². The second-order valence-electron chi connectivity index (χ2n) is 10.4. The molecule has 0 saturated carbocycles. The number of carbonyl (C=O) groups excluding carboxylic acids is 1. The highest BCUT2D eigenvalue weighted by atomic mass is 32.2. The van der Waals surface area contributed by atoms with E-state index < -0.39 is 42.6 Å². The number of thioether (sulfide) groups is 1. The van der Waals surface area contributed by atoms with Gasteiger partial charge in [0.05, 0.1) is 24.3 Å². The molecule has 3 aromatic rings. The van der Waals surface area contributed by atoms with Crippen LogP contribution in [-0.2, 0) is 35.3 Å². The molecule has 5 N–H and O–H groups in total. The van der Waals surface area contributed by atoms with Crippen molar-refractivity contribution in [3.63, 3.8) is 0 Å². The minimum Gasteiger partial charge on any atom is -0.506 e. The van der Waals surface area contributed by atoms with E-state index in [0.29, 0.717) is 5.52 Å². The van der Waals surface area contributed by atoms with E-state index >= 15 is 4.39 Å². The Morgan fingerprint density at radius 2 is 2.07 bits per heavy atom. The number of halogens is 1. The molecule has 0 bridgehead atoms. The third-order valence-electron chi connectivity index (χ3n) is 6.87. The van der Waals surface area contributed by atoms with E-state index in [1.54, 1.807) is 44.2 Å². The smallest absolute Gasteiger partial charge is 0.458 e. The molecule has 1 aromatic carbocycles. The second kappa shape index (κ2) is 12.6. The third-order valence-corrected chi connectivity index (χ3v) is 9.58. The van der Waals surface area contributed by atoms with Gasteiger partial charge in [0.1, 0.15) is 24.5 Å². The summed E-state index contributed by atoms with van der Waals surface area (Å²) in [5.41, 5.74) is 0.524. The maximum atomic E-state index is 16.6. The maximum Gasteiger partial charge on any atom is 0.458 e. The molecule has 0 radical (unpaired) electrons. The summed E-state index contributed by atoms with van der Waals surface area (Å²) >= 11 is 0.880. The Balaban J connectivity index is 1.60. The van der Waals surface area contributed by atoms with Gasteiger partial charge in [-0.15, -0.1) is 0 Å². The number of nitriles is 1. The highest BCUT2D eigenvalue weighted by Gasteiger charge is 2.61. The third kappa shape index (κ3) is 6.40. The lowest BCUT2D eigenvalue weighted by Crippen LogP contribution is -2.53. The number of nitrogens with two attached hydrogens (primary N) is 1. The number of hydrogen-bond donors (Lipinski definition) is 4. The Morgan fingerprint density at radius 1 is 1.35 bits per heavy atom. The lowest BCUT2D eigenvalue weighted by Gasteiger charge is -2.41. The van der Waals surface area contributed by atoms with Crippen LogP contribution in [0.1, 0.15) is 32.0 Å². The fourth-order valence-electron chi connectivity index (χ4n) is 4.19. The first-order valence-corrected chi connectivity index (χ1v) is 15.6. The average molecular weight is 635 g/mol. The molecular formula is C27H32FN6O7PS. The summed E-state index contributed by atoms with van der Waals surface area (Å²) in [6.07, 6.45) is 1.13.